The zero-order valence-corrected chi connectivity index (χ0v) is 13.8. The number of para-hydroxylation sites is 1. The summed E-state index contributed by atoms with van der Waals surface area (Å²) in [4.78, 5) is 18.1. The van der Waals surface area contributed by atoms with Crippen LogP contribution in [-0.4, -0.2) is 36.8 Å². The molecule has 24 heavy (non-hydrogen) atoms. The Labute approximate surface area is 139 Å². The van der Waals surface area contributed by atoms with E-state index in [1.54, 1.807) is 0 Å². The molecular formula is C16H17N3O4S. The lowest BCUT2D eigenvalue weighted by Gasteiger charge is -2.16. The van der Waals surface area contributed by atoms with E-state index in [1.807, 2.05) is 24.3 Å². The SMILES string of the molecule is O=C(CS(=O)(=O)Cc1nc(C2CC2)no1)N1CCc2ccccc21. The molecule has 8 heteroatoms. The summed E-state index contributed by atoms with van der Waals surface area (Å²) in [6.07, 6.45) is 2.77. The minimum absolute atomic E-state index is 0.0616. The van der Waals surface area contributed by atoms with Gasteiger partial charge in [0.05, 0.1) is 0 Å². The molecule has 1 fully saturated rings. The fraction of sp³-hybridized carbons (Fsp3) is 0.438. The van der Waals surface area contributed by atoms with Crippen LogP contribution in [0.25, 0.3) is 0 Å². The normalized spacial score (nSPS) is 17.1. The lowest BCUT2D eigenvalue weighted by Crippen LogP contribution is -2.34. The molecule has 0 atom stereocenters. The number of amides is 1. The molecule has 1 aromatic heterocycles. The van der Waals surface area contributed by atoms with E-state index in [0.29, 0.717) is 18.3 Å². The van der Waals surface area contributed by atoms with E-state index in [0.717, 1.165) is 30.5 Å². The molecule has 1 aliphatic heterocycles. The van der Waals surface area contributed by atoms with Gasteiger partial charge in [-0.15, -0.1) is 0 Å². The summed E-state index contributed by atoms with van der Waals surface area (Å²) < 4.78 is 29.6. The van der Waals surface area contributed by atoms with Crippen molar-refractivity contribution in [1.29, 1.82) is 0 Å². The first kappa shape index (κ1) is 15.3. The van der Waals surface area contributed by atoms with Gasteiger partial charge in [-0.2, -0.15) is 4.98 Å². The van der Waals surface area contributed by atoms with Gasteiger partial charge >= 0.3 is 0 Å². The number of benzene rings is 1. The van der Waals surface area contributed by atoms with Crippen LogP contribution in [0.4, 0.5) is 5.69 Å². The summed E-state index contributed by atoms with van der Waals surface area (Å²) in [6, 6.07) is 7.55. The molecule has 0 bridgehead atoms. The number of rotatable bonds is 5. The Morgan fingerprint density at radius 1 is 1.29 bits per heavy atom. The van der Waals surface area contributed by atoms with Gasteiger partial charge < -0.3 is 9.42 Å². The Morgan fingerprint density at radius 3 is 2.88 bits per heavy atom. The number of aromatic nitrogens is 2. The van der Waals surface area contributed by atoms with Crippen molar-refractivity contribution in [3.05, 3.63) is 41.5 Å². The van der Waals surface area contributed by atoms with Crippen LogP contribution < -0.4 is 4.90 Å². The van der Waals surface area contributed by atoms with Crippen molar-refractivity contribution in [3.63, 3.8) is 0 Å². The lowest BCUT2D eigenvalue weighted by atomic mass is 10.2. The number of nitrogens with zero attached hydrogens (tertiary/aromatic N) is 3. The number of fused-ring (bicyclic) bond motifs is 1. The van der Waals surface area contributed by atoms with Gasteiger partial charge in [-0.3, -0.25) is 4.79 Å². The number of carbonyl (C=O) groups is 1. The molecule has 1 saturated carbocycles. The van der Waals surface area contributed by atoms with Crippen molar-refractivity contribution in [2.75, 3.05) is 17.2 Å². The number of carbonyl (C=O) groups excluding carboxylic acids is 1. The second-order valence-corrected chi connectivity index (χ2v) is 8.34. The molecule has 1 aromatic carbocycles. The lowest BCUT2D eigenvalue weighted by molar-refractivity contribution is -0.116. The van der Waals surface area contributed by atoms with Gasteiger partial charge in [-0.1, -0.05) is 23.4 Å². The van der Waals surface area contributed by atoms with E-state index < -0.39 is 27.3 Å². The molecular weight excluding hydrogens is 330 g/mol. The number of sulfone groups is 1. The van der Waals surface area contributed by atoms with Gasteiger partial charge in [0.15, 0.2) is 15.7 Å². The highest BCUT2D eigenvalue weighted by molar-refractivity contribution is 7.91. The van der Waals surface area contributed by atoms with E-state index in [9.17, 15) is 13.2 Å². The van der Waals surface area contributed by atoms with E-state index in [4.69, 9.17) is 4.52 Å². The molecule has 1 amide bonds. The Hall–Kier alpha value is -2.22. The average molecular weight is 347 g/mol. The highest BCUT2D eigenvalue weighted by atomic mass is 32.2. The number of anilines is 1. The van der Waals surface area contributed by atoms with Gasteiger partial charge in [-0.05, 0) is 30.9 Å². The Balaban J connectivity index is 1.44. The fourth-order valence-electron chi connectivity index (χ4n) is 2.94. The molecule has 2 heterocycles. The highest BCUT2D eigenvalue weighted by Crippen LogP contribution is 2.38. The zero-order valence-electron chi connectivity index (χ0n) is 13.0. The maximum atomic E-state index is 12.4. The molecule has 0 unspecified atom stereocenters. The van der Waals surface area contributed by atoms with E-state index in [-0.39, 0.29) is 5.89 Å². The Kier molecular flexibility index (Phi) is 3.64. The summed E-state index contributed by atoms with van der Waals surface area (Å²) >= 11 is 0. The zero-order chi connectivity index (χ0) is 16.7. The number of hydrogen-bond acceptors (Lipinski definition) is 6. The summed E-state index contributed by atoms with van der Waals surface area (Å²) in [6.45, 7) is 0.514. The maximum Gasteiger partial charge on any atom is 0.242 e. The monoisotopic (exact) mass is 347 g/mol. The minimum Gasteiger partial charge on any atom is -0.338 e. The largest absolute Gasteiger partial charge is 0.338 e. The number of hydrogen-bond donors (Lipinski definition) is 0. The van der Waals surface area contributed by atoms with Gasteiger partial charge in [0, 0.05) is 18.2 Å². The molecule has 126 valence electrons. The van der Waals surface area contributed by atoms with Crippen LogP contribution in [0.2, 0.25) is 0 Å². The molecule has 0 radical (unpaired) electrons. The van der Waals surface area contributed by atoms with Crippen LogP contribution in [0.15, 0.2) is 28.8 Å². The second-order valence-electron chi connectivity index (χ2n) is 6.28. The smallest absolute Gasteiger partial charge is 0.242 e. The third-order valence-electron chi connectivity index (χ3n) is 4.30. The highest BCUT2D eigenvalue weighted by Gasteiger charge is 2.31. The van der Waals surface area contributed by atoms with Crippen molar-refractivity contribution in [2.24, 2.45) is 0 Å². The van der Waals surface area contributed by atoms with Gasteiger partial charge in [0.25, 0.3) is 0 Å². The average Bonchev–Trinajstić information content (AvgIpc) is 3.13. The predicted octanol–water partition coefficient (Wildman–Crippen LogP) is 1.45. The molecule has 4 rings (SSSR count). The van der Waals surface area contributed by atoms with E-state index >= 15 is 0 Å². The fourth-order valence-corrected chi connectivity index (χ4v) is 4.06. The first-order valence-corrected chi connectivity index (χ1v) is 9.75. The quantitative estimate of drug-likeness (QED) is 0.813. The van der Waals surface area contributed by atoms with E-state index in [2.05, 4.69) is 10.1 Å². The molecule has 0 spiro atoms. The van der Waals surface area contributed by atoms with Crippen molar-refractivity contribution in [1.82, 2.24) is 10.1 Å². The van der Waals surface area contributed by atoms with Gasteiger partial charge in [0.2, 0.25) is 11.8 Å². The Bertz CT molecular complexity index is 886. The van der Waals surface area contributed by atoms with Crippen LogP contribution in [0.5, 0.6) is 0 Å². The van der Waals surface area contributed by atoms with Crippen LogP contribution in [0.1, 0.15) is 36.0 Å². The van der Waals surface area contributed by atoms with Crippen LogP contribution in [0.3, 0.4) is 0 Å². The molecule has 0 N–H and O–H groups in total. The second kappa shape index (κ2) is 5.70. The first-order chi connectivity index (χ1) is 11.5. The van der Waals surface area contributed by atoms with E-state index in [1.165, 1.54) is 4.90 Å². The Morgan fingerprint density at radius 2 is 2.08 bits per heavy atom. The summed E-state index contributed by atoms with van der Waals surface area (Å²) in [7, 11) is -3.65. The van der Waals surface area contributed by atoms with Gasteiger partial charge in [0.1, 0.15) is 11.5 Å². The predicted molar refractivity (Wildman–Crippen MR) is 86.3 cm³/mol. The standard InChI is InChI=1S/C16H17N3O4S/c20-15(19-8-7-11-3-1-2-4-13(11)19)10-24(21,22)9-14-17-16(18-23-14)12-5-6-12/h1-4,12H,5-10H2. The van der Waals surface area contributed by atoms with Crippen LogP contribution >= 0.6 is 0 Å². The maximum absolute atomic E-state index is 12.4. The minimum atomic E-state index is -3.65. The summed E-state index contributed by atoms with van der Waals surface area (Å²) in [5, 5.41) is 3.80. The van der Waals surface area contributed by atoms with Crippen LogP contribution in [0, 0.1) is 0 Å². The van der Waals surface area contributed by atoms with Crippen LogP contribution in [-0.2, 0) is 26.8 Å². The molecule has 0 saturated heterocycles. The molecule has 1 aliphatic carbocycles. The third kappa shape index (κ3) is 3.06. The third-order valence-corrected chi connectivity index (χ3v) is 5.67. The summed E-state index contributed by atoms with van der Waals surface area (Å²) in [5.41, 5.74) is 1.86. The van der Waals surface area contributed by atoms with Crippen molar-refractivity contribution in [2.45, 2.75) is 30.9 Å². The molecule has 2 aromatic rings. The van der Waals surface area contributed by atoms with Crippen molar-refractivity contribution >= 4 is 21.4 Å². The van der Waals surface area contributed by atoms with Crippen molar-refractivity contribution in [3.8, 4) is 0 Å². The molecule has 7 nitrogen and oxygen atoms in total. The topological polar surface area (TPSA) is 93.4 Å². The first-order valence-electron chi connectivity index (χ1n) is 7.93. The van der Waals surface area contributed by atoms with Crippen molar-refractivity contribution < 1.29 is 17.7 Å². The summed E-state index contributed by atoms with van der Waals surface area (Å²) in [5.74, 6) is -0.433. The molecule has 2 aliphatic rings. The van der Waals surface area contributed by atoms with Gasteiger partial charge in [-0.25, -0.2) is 8.42 Å².